The quantitative estimate of drug-likeness (QED) is 0.497. The van der Waals surface area contributed by atoms with Gasteiger partial charge in [0, 0.05) is 13.6 Å². The van der Waals surface area contributed by atoms with Gasteiger partial charge in [0.25, 0.3) is 5.56 Å². The van der Waals surface area contributed by atoms with Crippen LogP contribution in [0.3, 0.4) is 0 Å². The van der Waals surface area contributed by atoms with E-state index in [4.69, 9.17) is 0 Å². The van der Waals surface area contributed by atoms with Gasteiger partial charge in [-0.05, 0) is 31.2 Å². The first-order chi connectivity index (χ1) is 14.1. The number of H-pyrrole nitrogens is 1. The van der Waals surface area contributed by atoms with Crippen molar-refractivity contribution in [1.82, 2.24) is 24.4 Å². The molecule has 0 aliphatic rings. The Labute approximate surface area is 171 Å². The molecule has 148 valence electrons. The number of hydrogen-bond donors (Lipinski definition) is 1. The first kappa shape index (κ1) is 19.2. The number of aromatic nitrogens is 4. The first-order valence-corrected chi connectivity index (χ1v) is 10.4. The normalized spacial score (nSPS) is 11.2. The molecular formula is C21H21N5O2S. The van der Waals surface area contributed by atoms with Gasteiger partial charge in [-0.3, -0.25) is 9.59 Å². The molecule has 0 radical (unpaired) electrons. The third-order valence-corrected chi connectivity index (χ3v) is 5.70. The summed E-state index contributed by atoms with van der Waals surface area (Å²) in [5.74, 6) is 0.674. The second-order valence-electron chi connectivity index (χ2n) is 6.70. The van der Waals surface area contributed by atoms with Gasteiger partial charge < -0.3 is 14.5 Å². The van der Waals surface area contributed by atoms with E-state index in [1.54, 1.807) is 30.1 Å². The molecule has 0 bridgehead atoms. The van der Waals surface area contributed by atoms with Crippen molar-refractivity contribution >= 4 is 39.6 Å². The van der Waals surface area contributed by atoms with Crippen LogP contribution in [0.1, 0.15) is 12.7 Å². The summed E-state index contributed by atoms with van der Waals surface area (Å²) < 4.78 is 2.11. The third kappa shape index (κ3) is 3.88. The number of thioether (sulfide) groups is 1. The highest BCUT2D eigenvalue weighted by atomic mass is 32.2. The van der Waals surface area contributed by atoms with Crippen LogP contribution in [-0.4, -0.2) is 43.1 Å². The number of carbonyl (C=O) groups excluding carboxylic acids is 1. The molecular weight excluding hydrogens is 386 g/mol. The maximum absolute atomic E-state index is 12.6. The first-order valence-electron chi connectivity index (χ1n) is 9.36. The summed E-state index contributed by atoms with van der Waals surface area (Å²) in [5.41, 5.74) is 2.42. The average Bonchev–Trinajstić information content (AvgIpc) is 3.09. The van der Waals surface area contributed by atoms with Crippen LogP contribution < -0.4 is 5.56 Å². The fourth-order valence-electron chi connectivity index (χ4n) is 3.23. The van der Waals surface area contributed by atoms with E-state index in [0.717, 1.165) is 22.7 Å². The summed E-state index contributed by atoms with van der Waals surface area (Å²) in [6.07, 6.45) is 0. The fraction of sp³-hybridized carbons (Fsp3) is 0.238. The van der Waals surface area contributed by atoms with E-state index >= 15 is 0 Å². The van der Waals surface area contributed by atoms with Crippen LogP contribution >= 0.6 is 11.8 Å². The molecule has 0 fully saturated rings. The molecule has 1 amide bonds. The smallest absolute Gasteiger partial charge is 0.258 e. The SMILES string of the molecule is CCn1c(SCC(=O)N(C)Cc2nc3ccccc3c(=O)[nH]2)nc2ccccc21. The van der Waals surface area contributed by atoms with Crippen molar-refractivity contribution < 1.29 is 4.79 Å². The Morgan fingerprint density at radius 3 is 2.62 bits per heavy atom. The molecule has 4 rings (SSSR count). The largest absolute Gasteiger partial charge is 0.338 e. The van der Waals surface area contributed by atoms with Gasteiger partial charge in [-0.2, -0.15) is 0 Å². The summed E-state index contributed by atoms with van der Waals surface area (Å²) >= 11 is 1.42. The lowest BCUT2D eigenvalue weighted by molar-refractivity contribution is -0.127. The number of nitrogens with one attached hydrogen (secondary N) is 1. The zero-order valence-corrected chi connectivity index (χ0v) is 17.1. The number of amides is 1. The molecule has 7 nitrogen and oxygen atoms in total. The van der Waals surface area contributed by atoms with E-state index < -0.39 is 0 Å². The molecule has 1 N–H and O–H groups in total. The zero-order chi connectivity index (χ0) is 20.4. The molecule has 4 aromatic rings. The zero-order valence-electron chi connectivity index (χ0n) is 16.3. The number of para-hydroxylation sites is 3. The van der Waals surface area contributed by atoms with E-state index in [-0.39, 0.29) is 23.8 Å². The molecule has 0 unspecified atom stereocenters. The maximum Gasteiger partial charge on any atom is 0.258 e. The average molecular weight is 407 g/mol. The minimum atomic E-state index is -0.197. The second kappa shape index (κ2) is 8.08. The molecule has 0 aliphatic carbocycles. The lowest BCUT2D eigenvalue weighted by Gasteiger charge is -2.16. The molecule has 0 atom stereocenters. The highest BCUT2D eigenvalue weighted by molar-refractivity contribution is 7.99. The monoisotopic (exact) mass is 407 g/mol. The molecule has 0 aliphatic heterocycles. The van der Waals surface area contributed by atoms with Crippen LogP contribution in [0.25, 0.3) is 21.9 Å². The van der Waals surface area contributed by atoms with E-state index in [1.165, 1.54) is 11.8 Å². The van der Waals surface area contributed by atoms with Gasteiger partial charge in [0.2, 0.25) is 5.91 Å². The lowest BCUT2D eigenvalue weighted by atomic mass is 10.2. The van der Waals surface area contributed by atoms with E-state index in [0.29, 0.717) is 16.7 Å². The standard InChI is InChI=1S/C21H21N5O2S/c1-3-26-17-11-7-6-10-16(17)23-21(26)29-13-19(27)25(2)12-18-22-15-9-5-4-8-14(15)20(28)24-18/h4-11H,3,12-13H2,1-2H3,(H,22,24,28). The summed E-state index contributed by atoms with van der Waals surface area (Å²) in [5, 5.41) is 1.37. The number of aryl methyl sites for hydroxylation is 1. The van der Waals surface area contributed by atoms with Gasteiger partial charge >= 0.3 is 0 Å². The second-order valence-corrected chi connectivity index (χ2v) is 7.64. The number of fused-ring (bicyclic) bond motifs is 2. The Kier molecular flexibility index (Phi) is 5.35. The highest BCUT2D eigenvalue weighted by Gasteiger charge is 2.15. The van der Waals surface area contributed by atoms with E-state index in [1.807, 2.05) is 30.3 Å². The van der Waals surface area contributed by atoms with Gasteiger partial charge in [-0.1, -0.05) is 36.0 Å². The van der Waals surface area contributed by atoms with Gasteiger partial charge in [0.05, 0.1) is 34.2 Å². The van der Waals surface area contributed by atoms with Crippen LogP contribution in [0, 0.1) is 0 Å². The van der Waals surface area contributed by atoms with Crippen LogP contribution in [0.5, 0.6) is 0 Å². The topological polar surface area (TPSA) is 83.9 Å². The van der Waals surface area contributed by atoms with Crippen LogP contribution in [-0.2, 0) is 17.9 Å². The van der Waals surface area contributed by atoms with Gasteiger partial charge in [-0.25, -0.2) is 9.97 Å². The Bertz CT molecular complexity index is 1250. The number of aromatic amines is 1. The van der Waals surface area contributed by atoms with Crippen LogP contribution in [0.4, 0.5) is 0 Å². The number of hydrogen-bond acceptors (Lipinski definition) is 5. The number of imidazole rings is 1. The van der Waals surface area contributed by atoms with Crippen molar-refractivity contribution in [2.75, 3.05) is 12.8 Å². The highest BCUT2D eigenvalue weighted by Crippen LogP contribution is 2.24. The van der Waals surface area contributed by atoms with Crippen molar-refractivity contribution in [3.05, 3.63) is 64.7 Å². The molecule has 2 heterocycles. The molecule has 2 aromatic carbocycles. The van der Waals surface area contributed by atoms with Crippen molar-refractivity contribution in [1.29, 1.82) is 0 Å². The maximum atomic E-state index is 12.6. The summed E-state index contributed by atoms with van der Waals surface area (Å²) in [6, 6.07) is 15.1. The van der Waals surface area contributed by atoms with Crippen molar-refractivity contribution in [2.24, 2.45) is 0 Å². The minimum absolute atomic E-state index is 0.0551. The molecule has 0 saturated carbocycles. The molecule has 0 spiro atoms. The van der Waals surface area contributed by atoms with Crippen LogP contribution in [0.2, 0.25) is 0 Å². The molecule has 8 heteroatoms. The Balaban J connectivity index is 1.46. The van der Waals surface area contributed by atoms with Crippen molar-refractivity contribution in [3.8, 4) is 0 Å². The van der Waals surface area contributed by atoms with E-state index in [2.05, 4.69) is 26.4 Å². The number of nitrogens with zero attached hydrogens (tertiary/aromatic N) is 4. The Morgan fingerprint density at radius 1 is 1.10 bits per heavy atom. The summed E-state index contributed by atoms with van der Waals surface area (Å²) in [7, 11) is 1.71. The number of benzene rings is 2. The Hall–Kier alpha value is -3.13. The van der Waals surface area contributed by atoms with Crippen LogP contribution in [0.15, 0.2) is 58.5 Å². The number of carbonyl (C=O) groups is 1. The number of rotatable bonds is 6. The molecule has 29 heavy (non-hydrogen) atoms. The van der Waals surface area contributed by atoms with Gasteiger partial charge in [-0.15, -0.1) is 0 Å². The molecule has 2 aromatic heterocycles. The van der Waals surface area contributed by atoms with Gasteiger partial charge in [0.1, 0.15) is 5.82 Å². The Morgan fingerprint density at radius 2 is 1.83 bits per heavy atom. The van der Waals surface area contributed by atoms with Gasteiger partial charge in [0.15, 0.2) is 5.16 Å². The van der Waals surface area contributed by atoms with Crippen molar-refractivity contribution in [2.45, 2.75) is 25.2 Å². The minimum Gasteiger partial charge on any atom is -0.338 e. The van der Waals surface area contributed by atoms with E-state index in [9.17, 15) is 9.59 Å². The van der Waals surface area contributed by atoms with Crippen molar-refractivity contribution in [3.63, 3.8) is 0 Å². The lowest BCUT2D eigenvalue weighted by Crippen LogP contribution is -2.29. The predicted octanol–water partition coefficient (Wildman–Crippen LogP) is 3.04. The fourth-order valence-corrected chi connectivity index (χ4v) is 4.25. The third-order valence-electron chi connectivity index (χ3n) is 4.74. The predicted molar refractivity (Wildman–Crippen MR) is 115 cm³/mol. The molecule has 0 saturated heterocycles. The summed E-state index contributed by atoms with van der Waals surface area (Å²) in [6.45, 7) is 3.09. The summed E-state index contributed by atoms with van der Waals surface area (Å²) in [4.78, 5) is 38.3.